The molecule has 0 saturated heterocycles. The number of hydrogen-bond donors (Lipinski definition) is 0. The number of methoxy groups -OCH3 is 4. The summed E-state index contributed by atoms with van der Waals surface area (Å²) in [5.74, 6) is 2.56. The van der Waals surface area contributed by atoms with Crippen LogP contribution in [0.4, 0.5) is 0 Å². The molecule has 0 aliphatic heterocycles. The SMILES string of the molecule is COc1ccc(CN(Cc2ccc(OC)cc2)C(=O)c2cc(OC)cc(OC)c2)cc1. The van der Waals surface area contributed by atoms with Crippen LogP contribution >= 0.6 is 0 Å². The predicted octanol–water partition coefficient (Wildman–Crippen LogP) is 4.56. The summed E-state index contributed by atoms with van der Waals surface area (Å²) in [6.07, 6.45) is 0. The van der Waals surface area contributed by atoms with Crippen LogP contribution in [0.5, 0.6) is 23.0 Å². The van der Waals surface area contributed by atoms with Crippen LogP contribution < -0.4 is 18.9 Å². The van der Waals surface area contributed by atoms with Gasteiger partial charge in [0, 0.05) is 24.7 Å². The predicted molar refractivity (Wildman–Crippen MR) is 119 cm³/mol. The van der Waals surface area contributed by atoms with Gasteiger partial charge in [-0.1, -0.05) is 24.3 Å². The van der Waals surface area contributed by atoms with Crippen molar-refractivity contribution in [2.24, 2.45) is 0 Å². The molecule has 0 unspecified atom stereocenters. The van der Waals surface area contributed by atoms with Crippen LogP contribution in [0, 0.1) is 0 Å². The fourth-order valence-corrected chi connectivity index (χ4v) is 3.22. The molecule has 0 heterocycles. The van der Waals surface area contributed by atoms with Gasteiger partial charge in [0.25, 0.3) is 5.91 Å². The Morgan fingerprint density at radius 2 is 1.00 bits per heavy atom. The van der Waals surface area contributed by atoms with Gasteiger partial charge < -0.3 is 23.8 Å². The van der Waals surface area contributed by atoms with Gasteiger partial charge in [0.1, 0.15) is 23.0 Å². The Balaban J connectivity index is 1.91. The second kappa shape index (κ2) is 10.4. The number of carbonyl (C=O) groups excluding carboxylic acids is 1. The topological polar surface area (TPSA) is 57.2 Å². The molecule has 3 aromatic carbocycles. The summed E-state index contributed by atoms with van der Waals surface area (Å²) >= 11 is 0. The lowest BCUT2D eigenvalue weighted by molar-refractivity contribution is 0.0729. The summed E-state index contributed by atoms with van der Waals surface area (Å²) in [5, 5.41) is 0. The van der Waals surface area contributed by atoms with Gasteiger partial charge >= 0.3 is 0 Å². The summed E-state index contributed by atoms with van der Waals surface area (Å²) < 4.78 is 21.2. The number of hydrogen-bond acceptors (Lipinski definition) is 5. The first-order valence-corrected chi connectivity index (χ1v) is 9.84. The molecule has 0 N–H and O–H groups in total. The quantitative estimate of drug-likeness (QED) is 0.507. The van der Waals surface area contributed by atoms with E-state index in [2.05, 4.69) is 0 Å². The molecule has 31 heavy (non-hydrogen) atoms. The monoisotopic (exact) mass is 421 g/mol. The third-order valence-corrected chi connectivity index (χ3v) is 4.95. The highest BCUT2D eigenvalue weighted by molar-refractivity contribution is 5.95. The van der Waals surface area contributed by atoms with Crippen LogP contribution in [-0.2, 0) is 13.1 Å². The number of amides is 1. The lowest BCUT2D eigenvalue weighted by Crippen LogP contribution is -2.30. The first kappa shape index (κ1) is 22.0. The van der Waals surface area contributed by atoms with Crippen molar-refractivity contribution in [1.29, 1.82) is 0 Å². The maximum atomic E-state index is 13.5. The van der Waals surface area contributed by atoms with Crippen molar-refractivity contribution in [2.75, 3.05) is 28.4 Å². The molecule has 0 spiro atoms. The van der Waals surface area contributed by atoms with E-state index in [4.69, 9.17) is 18.9 Å². The van der Waals surface area contributed by atoms with E-state index in [1.165, 1.54) is 0 Å². The van der Waals surface area contributed by atoms with E-state index in [1.54, 1.807) is 51.5 Å². The third-order valence-electron chi connectivity index (χ3n) is 4.95. The molecule has 0 bridgehead atoms. The molecule has 3 rings (SSSR count). The van der Waals surface area contributed by atoms with Crippen LogP contribution in [-0.4, -0.2) is 39.2 Å². The lowest BCUT2D eigenvalue weighted by atomic mass is 10.1. The molecule has 6 heteroatoms. The zero-order chi connectivity index (χ0) is 22.2. The van der Waals surface area contributed by atoms with Gasteiger partial charge in [-0.15, -0.1) is 0 Å². The Morgan fingerprint density at radius 3 is 1.35 bits per heavy atom. The standard InChI is InChI=1S/C25H27NO5/c1-28-21-9-5-18(6-10-21)16-26(17-19-7-11-22(29-2)12-8-19)25(27)20-13-23(30-3)15-24(14-20)31-4/h5-15H,16-17H2,1-4H3. The van der Waals surface area contributed by atoms with Crippen molar-refractivity contribution in [3.8, 4) is 23.0 Å². The average Bonchev–Trinajstić information content (AvgIpc) is 2.83. The normalized spacial score (nSPS) is 10.3. The molecular formula is C25H27NO5. The fourth-order valence-electron chi connectivity index (χ4n) is 3.22. The Labute approximate surface area is 182 Å². The molecule has 0 aromatic heterocycles. The molecule has 6 nitrogen and oxygen atoms in total. The van der Waals surface area contributed by atoms with E-state index in [9.17, 15) is 4.79 Å². The van der Waals surface area contributed by atoms with Crippen LogP contribution in [0.2, 0.25) is 0 Å². The van der Waals surface area contributed by atoms with Crippen molar-refractivity contribution in [2.45, 2.75) is 13.1 Å². The van der Waals surface area contributed by atoms with Gasteiger partial charge in [0.15, 0.2) is 0 Å². The van der Waals surface area contributed by atoms with E-state index >= 15 is 0 Å². The summed E-state index contributed by atoms with van der Waals surface area (Å²) in [5.41, 5.74) is 2.49. The van der Waals surface area contributed by atoms with Gasteiger partial charge in [-0.3, -0.25) is 4.79 Å². The second-order valence-corrected chi connectivity index (χ2v) is 6.96. The van der Waals surface area contributed by atoms with Crippen molar-refractivity contribution in [3.05, 3.63) is 83.4 Å². The largest absolute Gasteiger partial charge is 0.497 e. The van der Waals surface area contributed by atoms with Gasteiger partial charge in [-0.25, -0.2) is 0 Å². The Hall–Kier alpha value is -3.67. The van der Waals surface area contributed by atoms with Gasteiger partial charge in [-0.05, 0) is 47.5 Å². The first-order chi connectivity index (χ1) is 15.1. The van der Waals surface area contributed by atoms with Crippen molar-refractivity contribution >= 4 is 5.91 Å². The maximum Gasteiger partial charge on any atom is 0.254 e. The molecule has 0 saturated carbocycles. The summed E-state index contributed by atoms with van der Waals surface area (Å²) in [4.78, 5) is 15.3. The molecule has 3 aromatic rings. The van der Waals surface area contributed by atoms with Gasteiger partial charge in [0.05, 0.1) is 28.4 Å². The van der Waals surface area contributed by atoms with E-state index < -0.39 is 0 Å². The van der Waals surface area contributed by atoms with Crippen LogP contribution in [0.25, 0.3) is 0 Å². The number of rotatable bonds is 9. The van der Waals surface area contributed by atoms with E-state index in [0.717, 1.165) is 22.6 Å². The molecule has 0 fully saturated rings. The summed E-state index contributed by atoms with van der Waals surface area (Å²) in [7, 11) is 6.39. The van der Waals surface area contributed by atoms with Crippen molar-refractivity contribution in [1.82, 2.24) is 4.90 Å². The van der Waals surface area contributed by atoms with Crippen molar-refractivity contribution in [3.63, 3.8) is 0 Å². The average molecular weight is 421 g/mol. The molecule has 162 valence electrons. The first-order valence-electron chi connectivity index (χ1n) is 9.84. The molecule has 0 atom stereocenters. The zero-order valence-electron chi connectivity index (χ0n) is 18.3. The molecular weight excluding hydrogens is 394 g/mol. The Morgan fingerprint density at radius 1 is 0.613 bits per heavy atom. The fraction of sp³-hybridized carbons (Fsp3) is 0.240. The Bertz CT molecular complexity index is 928. The highest BCUT2D eigenvalue weighted by atomic mass is 16.5. The molecule has 1 amide bonds. The van der Waals surface area contributed by atoms with Crippen molar-refractivity contribution < 1.29 is 23.7 Å². The summed E-state index contributed by atoms with van der Waals surface area (Å²) in [6.45, 7) is 0.878. The highest BCUT2D eigenvalue weighted by Gasteiger charge is 2.19. The van der Waals surface area contributed by atoms with E-state index in [0.29, 0.717) is 30.2 Å². The molecule has 0 aliphatic carbocycles. The Kier molecular flexibility index (Phi) is 7.38. The van der Waals surface area contributed by atoms with Crippen LogP contribution in [0.15, 0.2) is 66.7 Å². The second-order valence-electron chi connectivity index (χ2n) is 6.96. The maximum absolute atomic E-state index is 13.5. The van der Waals surface area contributed by atoms with Gasteiger partial charge in [-0.2, -0.15) is 0 Å². The highest BCUT2D eigenvalue weighted by Crippen LogP contribution is 2.25. The smallest absolute Gasteiger partial charge is 0.254 e. The number of ether oxygens (including phenoxy) is 4. The number of carbonyl (C=O) groups is 1. The zero-order valence-corrected chi connectivity index (χ0v) is 18.3. The van der Waals surface area contributed by atoms with E-state index in [-0.39, 0.29) is 5.91 Å². The molecule has 0 aliphatic rings. The third kappa shape index (κ3) is 5.69. The van der Waals surface area contributed by atoms with Crippen LogP contribution in [0.3, 0.4) is 0 Å². The molecule has 0 radical (unpaired) electrons. The minimum atomic E-state index is -0.121. The summed E-state index contributed by atoms with van der Waals surface area (Å²) in [6, 6.07) is 20.6. The lowest BCUT2D eigenvalue weighted by Gasteiger charge is -2.24. The number of benzene rings is 3. The minimum Gasteiger partial charge on any atom is -0.497 e. The minimum absolute atomic E-state index is 0.121. The van der Waals surface area contributed by atoms with Crippen LogP contribution in [0.1, 0.15) is 21.5 Å². The number of nitrogens with zero attached hydrogens (tertiary/aromatic N) is 1. The van der Waals surface area contributed by atoms with Gasteiger partial charge in [0.2, 0.25) is 0 Å². The van der Waals surface area contributed by atoms with E-state index in [1.807, 2.05) is 48.5 Å².